The second-order valence-electron chi connectivity index (χ2n) is 6.89. The molecule has 1 aliphatic rings. The summed E-state index contributed by atoms with van der Waals surface area (Å²) in [5, 5.41) is 13.6. The zero-order chi connectivity index (χ0) is 17.1. The minimum absolute atomic E-state index is 0.204. The number of aromatic nitrogens is 2. The first-order valence-electron chi connectivity index (χ1n) is 8.64. The van der Waals surface area contributed by atoms with Gasteiger partial charge in [-0.15, -0.1) is 0 Å². The van der Waals surface area contributed by atoms with Gasteiger partial charge < -0.3 is 24.6 Å². The van der Waals surface area contributed by atoms with E-state index in [9.17, 15) is 5.11 Å². The van der Waals surface area contributed by atoms with E-state index in [4.69, 9.17) is 4.74 Å². The van der Waals surface area contributed by atoms with Crippen LogP contribution in [0.25, 0.3) is 11.0 Å². The molecule has 1 saturated heterocycles. The summed E-state index contributed by atoms with van der Waals surface area (Å²) in [5.74, 6) is 0. The zero-order valence-corrected chi connectivity index (χ0v) is 14.8. The number of aliphatic hydroxyl groups excluding tert-OH is 1. The number of fused-ring (bicyclic) bond motifs is 1. The second kappa shape index (κ2) is 7.61. The Morgan fingerprint density at radius 2 is 2.17 bits per heavy atom. The zero-order valence-electron chi connectivity index (χ0n) is 14.8. The topological polar surface area (TPSA) is 62.5 Å². The predicted octanol–water partition coefficient (Wildman–Crippen LogP) is 0.934. The van der Waals surface area contributed by atoms with E-state index in [1.54, 1.807) is 0 Å². The van der Waals surface area contributed by atoms with Gasteiger partial charge in [-0.05, 0) is 44.2 Å². The highest BCUT2D eigenvalue weighted by Gasteiger charge is 2.17. The summed E-state index contributed by atoms with van der Waals surface area (Å²) in [4.78, 5) is 6.71. The molecule has 0 saturated carbocycles. The van der Waals surface area contributed by atoms with Crippen molar-refractivity contribution in [3.05, 3.63) is 29.6 Å². The monoisotopic (exact) mass is 332 g/mol. The lowest BCUT2D eigenvalue weighted by Gasteiger charge is -2.30. The molecule has 1 fully saturated rings. The van der Waals surface area contributed by atoms with E-state index >= 15 is 0 Å². The van der Waals surface area contributed by atoms with Crippen LogP contribution in [0.15, 0.2) is 18.5 Å². The van der Waals surface area contributed by atoms with Gasteiger partial charge in [0, 0.05) is 26.2 Å². The Balaban J connectivity index is 1.51. The number of hydrogen-bond acceptors (Lipinski definition) is 5. The molecule has 1 aliphatic heterocycles. The third kappa shape index (κ3) is 4.13. The molecule has 0 spiro atoms. The van der Waals surface area contributed by atoms with Gasteiger partial charge in [-0.2, -0.15) is 0 Å². The van der Waals surface area contributed by atoms with Gasteiger partial charge in [-0.1, -0.05) is 0 Å². The highest BCUT2D eigenvalue weighted by atomic mass is 16.5. The predicted molar refractivity (Wildman–Crippen MR) is 95.3 cm³/mol. The lowest BCUT2D eigenvalue weighted by molar-refractivity contribution is -0.0192. The first-order valence-corrected chi connectivity index (χ1v) is 8.64. The van der Waals surface area contributed by atoms with Gasteiger partial charge in [-0.25, -0.2) is 4.98 Å². The molecule has 2 aromatic rings. The summed E-state index contributed by atoms with van der Waals surface area (Å²) in [6, 6.07) is 4.24. The number of likely N-dealkylation sites (N-methyl/N-ethyl adjacent to an activating group) is 1. The number of benzene rings is 1. The fourth-order valence-electron chi connectivity index (χ4n) is 3.15. The van der Waals surface area contributed by atoms with Crippen LogP contribution in [0.4, 0.5) is 0 Å². The number of morpholine rings is 1. The van der Waals surface area contributed by atoms with Crippen LogP contribution in [0.1, 0.15) is 11.1 Å². The van der Waals surface area contributed by atoms with E-state index in [2.05, 4.69) is 48.2 Å². The Morgan fingerprint density at radius 1 is 1.38 bits per heavy atom. The maximum atomic E-state index is 10.3. The van der Waals surface area contributed by atoms with E-state index in [0.717, 1.165) is 37.3 Å². The van der Waals surface area contributed by atoms with Crippen molar-refractivity contribution in [1.82, 2.24) is 19.8 Å². The summed E-state index contributed by atoms with van der Waals surface area (Å²) in [6.07, 6.45) is 1.56. The van der Waals surface area contributed by atoms with Crippen LogP contribution >= 0.6 is 0 Å². The lowest BCUT2D eigenvalue weighted by atomic mass is 10.1. The minimum Gasteiger partial charge on any atom is -0.390 e. The summed E-state index contributed by atoms with van der Waals surface area (Å²) in [6.45, 7) is 8.77. The number of hydrogen-bond donors (Lipinski definition) is 2. The molecule has 132 valence electrons. The normalized spacial score (nSPS) is 20.6. The van der Waals surface area contributed by atoms with Gasteiger partial charge in [0.1, 0.15) is 0 Å². The maximum Gasteiger partial charge on any atom is 0.0959 e. The molecule has 2 heterocycles. The van der Waals surface area contributed by atoms with Crippen molar-refractivity contribution in [3.8, 4) is 0 Å². The summed E-state index contributed by atoms with van der Waals surface area (Å²) in [5.41, 5.74) is 4.55. The van der Waals surface area contributed by atoms with Crippen molar-refractivity contribution in [2.75, 3.05) is 39.8 Å². The Kier molecular flexibility index (Phi) is 5.50. The van der Waals surface area contributed by atoms with Crippen LogP contribution in [-0.4, -0.2) is 71.6 Å². The Labute approximate surface area is 143 Å². The number of imidazole rings is 1. The molecule has 0 bridgehead atoms. The molecule has 6 nitrogen and oxygen atoms in total. The summed E-state index contributed by atoms with van der Waals surface area (Å²) >= 11 is 0. The van der Waals surface area contributed by atoms with Gasteiger partial charge in [0.25, 0.3) is 0 Å². The largest absolute Gasteiger partial charge is 0.390 e. The van der Waals surface area contributed by atoms with Crippen molar-refractivity contribution in [1.29, 1.82) is 0 Å². The van der Waals surface area contributed by atoms with Gasteiger partial charge in [-0.3, -0.25) is 0 Å². The highest BCUT2D eigenvalue weighted by Crippen LogP contribution is 2.18. The van der Waals surface area contributed by atoms with Gasteiger partial charge in [0.2, 0.25) is 0 Å². The number of ether oxygens (including phenoxy) is 1. The molecule has 2 N–H and O–H groups in total. The molecule has 0 amide bonds. The minimum atomic E-state index is -0.453. The summed E-state index contributed by atoms with van der Waals surface area (Å²) < 4.78 is 7.74. The maximum absolute atomic E-state index is 10.3. The standard InChI is InChI=1S/C18H28N4O2/c1-13-6-17-18(7-14(13)2)22(12-20-17)10-15(23)8-19-9-16-11-21(3)4-5-24-16/h6-7,12,15-16,19,23H,4-5,8-11H2,1-3H3/t15-,16+/m0/s1. The Morgan fingerprint density at radius 3 is 2.96 bits per heavy atom. The van der Waals surface area contributed by atoms with Crippen molar-refractivity contribution < 1.29 is 9.84 Å². The smallest absolute Gasteiger partial charge is 0.0959 e. The van der Waals surface area contributed by atoms with E-state index in [1.807, 2.05) is 10.9 Å². The second-order valence-corrected chi connectivity index (χ2v) is 6.89. The van der Waals surface area contributed by atoms with E-state index in [0.29, 0.717) is 13.1 Å². The SMILES string of the molecule is Cc1cc2ncn(C[C@@H](O)CNC[C@@H]3CN(C)CCO3)c2cc1C. The van der Waals surface area contributed by atoms with Crippen LogP contribution in [0, 0.1) is 13.8 Å². The van der Waals surface area contributed by atoms with Crippen LogP contribution in [0.3, 0.4) is 0 Å². The van der Waals surface area contributed by atoms with E-state index in [1.165, 1.54) is 11.1 Å². The average molecular weight is 332 g/mol. The van der Waals surface area contributed by atoms with Crippen molar-refractivity contribution in [2.45, 2.75) is 32.6 Å². The van der Waals surface area contributed by atoms with Crippen LogP contribution < -0.4 is 5.32 Å². The Bertz CT molecular complexity index is 685. The van der Waals surface area contributed by atoms with Gasteiger partial charge >= 0.3 is 0 Å². The fourth-order valence-corrected chi connectivity index (χ4v) is 3.15. The Hall–Kier alpha value is -1.47. The molecule has 0 radical (unpaired) electrons. The number of nitrogens with zero attached hydrogens (tertiary/aromatic N) is 3. The average Bonchev–Trinajstić information content (AvgIpc) is 2.90. The van der Waals surface area contributed by atoms with Crippen LogP contribution in [0.5, 0.6) is 0 Å². The third-order valence-corrected chi connectivity index (χ3v) is 4.74. The number of aliphatic hydroxyl groups is 1. The first kappa shape index (κ1) is 17.4. The van der Waals surface area contributed by atoms with Crippen LogP contribution in [-0.2, 0) is 11.3 Å². The fraction of sp³-hybridized carbons (Fsp3) is 0.611. The number of nitrogens with one attached hydrogen (secondary N) is 1. The number of rotatable bonds is 6. The molecule has 1 aromatic carbocycles. The lowest BCUT2D eigenvalue weighted by Crippen LogP contribution is -2.46. The third-order valence-electron chi connectivity index (χ3n) is 4.74. The quantitative estimate of drug-likeness (QED) is 0.824. The van der Waals surface area contributed by atoms with Gasteiger partial charge in [0.15, 0.2) is 0 Å². The molecule has 24 heavy (non-hydrogen) atoms. The molecule has 1 aromatic heterocycles. The first-order chi connectivity index (χ1) is 11.5. The van der Waals surface area contributed by atoms with E-state index in [-0.39, 0.29) is 6.10 Å². The van der Waals surface area contributed by atoms with Crippen LogP contribution in [0.2, 0.25) is 0 Å². The molecule has 0 unspecified atom stereocenters. The number of aryl methyl sites for hydroxylation is 2. The molecule has 0 aliphatic carbocycles. The molecular weight excluding hydrogens is 304 g/mol. The van der Waals surface area contributed by atoms with E-state index < -0.39 is 6.10 Å². The molecule has 2 atom stereocenters. The molecule has 6 heteroatoms. The highest BCUT2D eigenvalue weighted by molar-refractivity contribution is 5.77. The van der Waals surface area contributed by atoms with Crippen molar-refractivity contribution >= 4 is 11.0 Å². The molecule has 3 rings (SSSR count). The van der Waals surface area contributed by atoms with Crippen molar-refractivity contribution in [3.63, 3.8) is 0 Å². The summed E-state index contributed by atoms with van der Waals surface area (Å²) in [7, 11) is 2.11. The molecular formula is C18H28N4O2. The van der Waals surface area contributed by atoms with Gasteiger partial charge in [0.05, 0.1) is 42.7 Å². The van der Waals surface area contributed by atoms with Crippen molar-refractivity contribution in [2.24, 2.45) is 0 Å².